The molecule has 3 N–H and O–H groups in total. The number of aromatic amines is 1. The van der Waals surface area contributed by atoms with E-state index in [2.05, 4.69) is 9.97 Å². The zero-order chi connectivity index (χ0) is 23.0. The summed E-state index contributed by atoms with van der Waals surface area (Å²) in [4.78, 5) is 47.3. The van der Waals surface area contributed by atoms with E-state index in [1.165, 1.54) is 47.0 Å². The van der Waals surface area contributed by atoms with Crippen LogP contribution in [0, 0.1) is 5.92 Å². The molecule has 1 aromatic carbocycles. The third-order valence-corrected chi connectivity index (χ3v) is 7.33. The molecule has 8 nitrogen and oxygen atoms in total. The first-order valence-corrected chi connectivity index (χ1v) is 11.1. The van der Waals surface area contributed by atoms with Gasteiger partial charge in [-0.2, -0.15) is 0 Å². The fraction of sp³-hybridized carbons (Fsp3) is 0.238. The lowest BCUT2D eigenvalue weighted by Crippen LogP contribution is -2.55. The van der Waals surface area contributed by atoms with E-state index in [1.54, 1.807) is 17.5 Å². The monoisotopic (exact) mass is 493 g/mol. The van der Waals surface area contributed by atoms with Crippen molar-refractivity contribution in [2.45, 2.75) is 24.4 Å². The minimum Gasteiger partial charge on any atom is -0.481 e. The summed E-state index contributed by atoms with van der Waals surface area (Å²) in [6.07, 6.45) is 2.45. The van der Waals surface area contributed by atoms with Gasteiger partial charge in [-0.05, 0) is 36.1 Å². The molecule has 0 saturated carbocycles. The Bertz CT molecular complexity index is 1170. The molecule has 3 atom stereocenters. The molecule has 0 aliphatic carbocycles. The van der Waals surface area contributed by atoms with Crippen molar-refractivity contribution in [2.75, 3.05) is 0 Å². The van der Waals surface area contributed by atoms with Gasteiger partial charge in [-0.15, -0.1) is 11.3 Å². The van der Waals surface area contributed by atoms with Crippen molar-refractivity contribution in [3.8, 4) is 0 Å². The molecule has 3 aromatic rings. The Morgan fingerprint density at radius 1 is 1.22 bits per heavy atom. The quantitative estimate of drug-likeness (QED) is 0.474. The van der Waals surface area contributed by atoms with Crippen LogP contribution in [-0.2, 0) is 16.0 Å². The molecule has 2 aromatic heterocycles. The highest BCUT2D eigenvalue weighted by Crippen LogP contribution is 2.50. The summed E-state index contributed by atoms with van der Waals surface area (Å²) in [5.41, 5.74) is -1.24. The summed E-state index contributed by atoms with van der Waals surface area (Å²) in [6, 6.07) is 6.70. The molecule has 32 heavy (non-hydrogen) atoms. The maximum atomic E-state index is 13.8. The Morgan fingerprint density at radius 2 is 2.00 bits per heavy atom. The number of carbonyl (C=O) groups is 3. The van der Waals surface area contributed by atoms with Gasteiger partial charge >= 0.3 is 11.9 Å². The van der Waals surface area contributed by atoms with E-state index in [9.17, 15) is 24.6 Å². The van der Waals surface area contributed by atoms with Gasteiger partial charge in [0.1, 0.15) is 5.54 Å². The SMILES string of the molecule is O=C(O)C1CC(Cc2cnc[nH]2)(C(=O)O)N(C(=O)c2ccc(Cl)c(Cl)c2)C1c1cccs1. The molecular formula is C21H17Cl2N3O5S. The van der Waals surface area contributed by atoms with Crippen molar-refractivity contribution in [1.82, 2.24) is 14.9 Å². The molecule has 0 bridgehead atoms. The number of imidazole rings is 1. The summed E-state index contributed by atoms with van der Waals surface area (Å²) < 4.78 is 0. The van der Waals surface area contributed by atoms with Crippen LogP contribution in [-0.4, -0.2) is 48.5 Å². The number of carboxylic acid groups (broad SMARTS) is 2. The molecular weight excluding hydrogens is 477 g/mol. The van der Waals surface area contributed by atoms with Crippen molar-refractivity contribution in [3.05, 3.63) is 74.4 Å². The van der Waals surface area contributed by atoms with Crippen LogP contribution in [0.25, 0.3) is 0 Å². The number of carbonyl (C=O) groups excluding carboxylic acids is 1. The number of likely N-dealkylation sites (tertiary alicyclic amines) is 1. The van der Waals surface area contributed by atoms with Gasteiger partial charge in [0.15, 0.2) is 0 Å². The molecule has 4 rings (SSSR count). The highest BCUT2D eigenvalue weighted by atomic mass is 35.5. The van der Waals surface area contributed by atoms with E-state index >= 15 is 0 Å². The number of aliphatic carboxylic acids is 2. The van der Waals surface area contributed by atoms with Gasteiger partial charge in [-0.1, -0.05) is 29.3 Å². The standard InChI is InChI=1S/C21H17Cl2N3O5S/c22-14-4-3-11(6-15(14)23)18(27)26-17(16-2-1-5-32-16)13(19(28)29)8-21(26,20(30)31)7-12-9-24-10-25-12/h1-6,9-10,13,17H,7-8H2,(H,24,25)(H,28,29)(H,30,31). The van der Waals surface area contributed by atoms with Gasteiger partial charge in [-0.25, -0.2) is 9.78 Å². The zero-order valence-electron chi connectivity index (χ0n) is 16.4. The van der Waals surface area contributed by atoms with Gasteiger partial charge in [0.25, 0.3) is 5.91 Å². The number of nitrogens with one attached hydrogen (secondary N) is 1. The highest BCUT2D eigenvalue weighted by Gasteiger charge is 2.61. The molecule has 1 fully saturated rings. The molecule has 3 heterocycles. The normalized spacial score (nSPS) is 22.8. The fourth-order valence-electron chi connectivity index (χ4n) is 4.24. The minimum atomic E-state index is -1.83. The molecule has 1 amide bonds. The second-order valence-corrected chi connectivity index (χ2v) is 9.30. The van der Waals surface area contributed by atoms with E-state index in [4.69, 9.17) is 23.2 Å². The maximum Gasteiger partial charge on any atom is 0.330 e. The van der Waals surface area contributed by atoms with Gasteiger partial charge in [0, 0.05) is 28.8 Å². The van der Waals surface area contributed by atoms with Gasteiger partial charge in [-0.3, -0.25) is 9.59 Å². The summed E-state index contributed by atoms with van der Waals surface area (Å²) in [5, 5.41) is 22.5. The number of hydrogen-bond acceptors (Lipinski definition) is 5. The van der Waals surface area contributed by atoms with Crippen LogP contribution in [0.5, 0.6) is 0 Å². The third-order valence-electron chi connectivity index (χ3n) is 5.65. The molecule has 0 radical (unpaired) electrons. The Hall–Kier alpha value is -2.88. The van der Waals surface area contributed by atoms with Gasteiger partial charge < -0.3 is 20.1 Å². The smallest absolute Gasteiger partial charge is 0.330 e. The van der Waals surface area contributed by atoms with Crippen LogP contribution in [0.3, 0.4) is 0 Å². The zero-order valence-corrected chi connectivity index (χ0v) is 18.7. The fourth-order valence-corrected chi connectivity index (χ4v) is 5.41. The number of aromatic nitrogens is 2. The number of hydrogen-bond donors (Lipinski definition) is 3. The number of thiophene rings is 1. The molecule has 166 valence electrons. The lowest BCUT2D eigenvalue weighted by atomic mass is 9.86. The highest BCUT2D eigenvalue weighted by molar-refractivity contribution is 7.10. The van der Waals surface area contributed by atoms with Crippen LogP contribution in [0.4, 0.5) is 0 Å². The first-order chi connectivity index (χ1) is 15.2. The Labute approximate surface area is 196 Å². The Morgan fingerprint density at radius 3 is 2.56 bits per heavy atom. The molecule has 1 saturated heterocycles. The predicted octanol–water partition coefficient (Wildman–Crippen LogP) is 4.13. The van der Waals surface area contributed by atoms with Crippen molar-refractivity contribution in [2.24, 2.45) is 5.92 Å². The number of halogens is 2. The van der Waals surface area contributed by atoms with E-state index in [1.807, 2.05) is 0 Å². The molecule has 11 heteroatoms. The van der Waals surface area contributed by atoms with Crippen molar-refractivity contribution in [1.29, 1.82) is 0 Å². The van der Waals surface area contributed by atoms with Crippen molar-refractivity contribution >= 4 is 52.4 Å². The lowest BCUT2D eigenvalue weighted by molar-refractivity contribution is -0.149. The van der Waals surface area contributed by atoms with Crippen molar-refractivity contribution in [3.63, 3.8) is 0 Å². The number of amides is 1. The number of H-pyrrole nitrogens is 1. The predicted molar refractivity (Wildman–Crippen MR) is 118 cm³/mol. The van der Waals surface area contributed by atoms with Crippen LogP contribution >= 0.6 is 34.5 Å². The second kappa shape index (κ2) is 8.57. The lowest BCUT2D eigenvalue weighted by Gasteiger charge is -2.37. The van der Waals surface area contributed by atoms with E-state index < -0.39 is 35.3 Å². The van der Waals surface area contributed by atoms with Crippen LogP contribution < -0.4 is 0 Å². The van der Waals surface area contributed by atoms with E-state index in [-0.39, 0.29) is 28.5 Å². The molecule has 1 aliphatic heterocycles. The van der Waals surface area contributed by atoms with Crippen LogP contribution in [0.15, 0.2) is 48.2 Å². The number of benzene rings is 1. The Kier molecular flexibility index (Phi) is 5.98. The Balaban J connectivity index is 1.92. The molecule has 0 spiro atoms. The summed E-state index contributed by atoms with van der Waals surface area (Å²) in [7, 11) is 0. The average molecular weight is 494 g/mol. The summed E-state index contributed by atoms with van der Waals surface area (Å²) in [6.45, 7) is 0. The first-order valence-electron chi connectivity index (χ1n) is 9.50. The third kappa shape index (κ3) is 3.76. The van der Waals surface area contributed by atoms with Crippen LogP contribution in [0.1, 0.15) is 33.4 Å². The summed E-state index contributed by atoms with van der Waals surface area (Å²) in [5.74, 6) is -4.25. The first kappa shape index (κ1) is 22.3. The average Bonchev–Trinajstić information content (AvgIpc) is 3.49. The minimum absolute atomic E-state index is 0.113. The number of rotatable bonds is 6. The largest absolute Gasteiger partial charge is 0.481 e. The molecule has 3 unspecified atom stereocenters. The molecule has 1 aliphatic rings. The topological polar surface area (TPSA) is 124 Å². The van der Waals surface area contributed by atoms with E-state index in [0.29, 0.717) is 10.6 Å². The second-order valence-electron chi connectivity index (χ2n) is 7.50. The van der Waals surface area contributed by atoms with Gasteiger partial charge in [0.05, 0.1) is 28.3 Å². The van der Waals surface area contributed by atoms with Crippen molar-refractivity contribution < 1.29 is 24.6 Å². The number of nitrogens with zero attached hydrogens (tertiary/aromatic N) is 2. The van der Waals surface area contributed by atoms with E-state index in [0.717, 1.165) is 0 Å². The number of carboxylic acids is 2. The maximum absolute atomic E-state index is 13.8. The van der Waals surface area contributed by atoms with Gasteiger partial charge in [0.2, 0.25) is 0 Å². The summed E-state index contributed by atoms with van der Waals surface area (Å²) >= 11 is 13.4. The van der Waals surface area contributed by atoms with Crippen LogP contribution in [0.2, 0.25) is 10.0 Å².